The number of hydrogen-bond acceptors (Lipinski definition) is 6. The van der Waals surface area contributed by atoms with E-state index in [1.165, 1.54) is 16.2 Å². The highest BCUT2D eigenvalue weighted by Gasteiger charge is 2.29. The monoisotopic (exact) mass is 366 g/mol. The summed E-state index contributed by atoms with van der Waals surface area (Å²) in [6.45, 7) is 7.52. The molecule has 1 aromatic heterocycles. The van der Waals surface area contributed by atoms with Crippen molar-refractivity contribution in [3.05, 3.63) is 16.0 Å². The minimum absolute atomic E-state index is 0.0842. The van der Waals surface area contributed by atoms with Crippen molar-refractivity contribution in [3.63, 3.8) is 0 Å². The van der Waals surface area contributed by atoms with Crippen LogP contribution in [-0.2, 0) is 27.1 Å². The van der Waals surface area contributed by atoms with Gasteiger partial charge in [-0.3, -0.25) is 9.69 Å². The Bertz CT molecular complexity index is 637. The number of thiophene rings is 1. The smallest absolute Gasteiger partial charge is 0.341 e. The van der Waals surface area contributed by atoms with E-state index in [-0.39, 0.29) is 11.9 Å². The van der Waals surface area contributed by atoms with Crippen molar-refractivity contribution >= 4 is 28.2 Å². The fraction of sp³-hybridized carbons (Fsp3) is 0.667. The second-order valence-electron chi connectivity index (χ2n) is 6.71. The molecule has 2 heterocycles. The van der Waals surface area contributed by atoms with E-state index < -0.39 is 0 Å². The molecule has 1 aliphatic carbocycles. The van der Waals surface area contributed by atoms with Gasteiger partial charge in [0.25, 0.3) is 0 Å². The van der Waals surface area contributed by atoms with E-state index in [1.54, 1.807) is 6.92 Å². The van der Waals surface area contributed by atoms with Gasteiger partial charge in [0, 0.05) is 18.0 Å². The summed E-state index contributed by atoms with van der Waals surface area (Å²) in [4.78, 5) is 28.2. The molecule has 0 radical (unpaired) electrons. The van der Waals surface area contributed by atoms with E-state index >= 15 is 0 Å². The normalized spacial score (nSPS) is 20.8. The molecule has 1 amide bonds. The zero-order chi connectivity index (χ0) is 17.8. The number of nitrogens with zero attached hydrogens (tertiary/aromatic N) is 1. The van der Waals surface area contributed by atoms with Crippen LogP contribution in [0, 0.1) is 5.92 Å². The quantitative estimate of drug-likeness (QED) is 0.810. The lowest BCUT2D eigenvalue weighted by molar-refractivity contribution is -0.118. The zero-order valence-electron chi connectivity index (χ0n) is 14.9. The van der Waals surface area contributed by atoms with Crippen molar-refractivity contribution in [2.45, 2.75) is 33.1 Å². The first-order valence-electron chi connectivity index (χ1n) is 9.00. The Hall–Kier alpha value is -1.44. The van der Waals surface area contributed by atoms with Crippen LogP contribution in [0.15, 0.2) is 0 Å². The van der Waals surface area contributed by atoms with Gasteiger partial charge in [-0.1, -0.05) is 6.92 Å². The Morgan fingerprint density at radius 1 is 1.36 bits per heavy atom. The number of carbonyl (C=O) groups excluding carboxylic acids is 2. The molecule has 1 aromatic rings. The number of rotatable bonds is 5. The van der Waals surface area contributed by atoms with Crippen molar-refractivity contribution in [2.24, 2.45) is 5.92 Å². The maximum atomic E-state index is 12.5. The number of hydrogen-bond donors (Lipinski definition) is 1. The first-order chi connectivity index (χ1) is 12.1. The fourth-order valence-corrected chi connectivity index (χ4v) is 4.80. The van der Waals surface area contributed by atoms with Crippen molar-refractivity contribution in [2.75, 3.05) is 44.8 Å². The van der Waals surface area contributed by atoms with Gasteiger partial charge >= 0.3 is 5.97 Å². The van der Waals surface area contributed by atoms with Gasteiger partial charge in [0.1, 0.15) is 5.00 Å². The predicted octanol–water partition coefficient (Wildman–Crippen LogP) is 2.32. The van der Waals surface area contributed by atoms with Crippen LogP contribution in [0.4, 0.5) is 5.00 Å². The molecule has 0 unspecified atom stereocenters. The molecule has 1 atom stereocenters. The highest BCUT2D eigenvalue weighted by molar-refractivity contribution is 7.17. The number of amides is 1. The molecule has 1 saturated heterocycles. The molecule has 25 heavy (non-hydrogen) atoms. The van der Waals surface area contributed by atoms with Gasteiger partial charge in [-0.15, -0.1) is 11.3 Å². The average molecular weight is 366 g/mol. The molecule has 0 aromatic carbocycles. The summed E-state index contributed by atoms with van der Waals surface area (Å²) < 4.78 is 10.6. The van der Waals surface area contributed by atoms with E-state index in [9.17, 15) is 9.59 Å². The van der Waals surface area contributed by atoms with Crippen LogP contribution >= 0.6 is 11.3 Å². The van der Waals surface area contributed by atoms with E-state index in [1.807, 2.05) is 0 Å². The third-order valence-electron chi connectivity index (χ3n) is 4.72. The van der Waals surface area contributed by atoms with E-state index in [4.69, 9.17) is 9.47 Å². The van der Waals surface area contributed by atoms with E-state index in [0.717, 1.165) is 37.9 Å². The maximum absolute atomic E-state index is 12.5. The van der Waals surface area contributed by atoms with Crippen molar-refractivity contribution in [1.29, 1.82) is 0 Å². The van der Waals surface area contributed by atoms with Gasteiger partial charge in [0.2, 0.25) is 5.91 Å². The summed E-state index contributed by atoms with van der Waals surface area (Å²) in [5.41, 5.74) is 1.65. The molecule has 1 N–H and O–H groups in total. The minimum Gasteiger partial charge on any atom is -0.462 e. The number of morpholine rings is 1. The molecule has 1 fully saturated rings. The van der Waals surface area contributed by atoms with E-state index in [2.05, 4.69) is 17.1 Å². The number of anilines is 1. The Morgan fingerprint density at radius 2 is 2.12 bits per heavy atom. The molecule has 6 nitrogen and oxygen atoms in total. The molecule has 1 aliphatic heterocycles. The summed E-state index contributed by atoms with van der Waals surface area (Å²) in [6.07, 6.45) is 2.91. The summed E-state index contributed by atoms with van der Waals surface area (Å²) in [5, 5.41) is 3.61. The lowest BCUT2D eigenvalue weighted by Gasteiger charge is -2.25. The molecule has 2 aliphatic rings. The van der Waals surface area contributed by atoms with Crippen LogP contribution in [0.1, 0.15) is 41.1 Å². The molecular formula is C18H26N2O4S. The van der Waals surface area contributed by atoms with Gasteiger partial charge in [0.15, 0.2) is 0 Å². The number of carbonyl (C=O) groups is 2. The van der Waals surface area contributed by atoms with Crippen LogP contribution in [0.25, 0.3) is 0 Å². The van der Waals surface area contributed by atoms with Gasteiger partial charge in [-0.25, -0.2) is 4.79 Å². The van der Waals surface area contributed by atoms with Crippen LogP contribution in [0.3, 0.4) is 0 Å². The van der Waals surface area contributed by atoms with Crippen LogP contribution in [0.2, 0.25) is 0 Å². The topological polar surface area (TPSA) is 67.9 Å². The molecule has 0 saturated carbocycles. The highest BCUT2D eigenvalue weighted by Crippen LogP contribution is 2.40. The second kappa shape index (κ2) is 8.29. The number of fused-ring (bicyclic) bond motifs is 1. The first kappa shape index (κ1) is 18.4. The zero-order valence-corrected chi connectivity index (χ0v) is 15.7. The molecule has 0 spiro atoms. The van der Waals surface area contributed by atoms with E-state index in [0.29, 0.717) is 42.8 Å². The lowest BCUT2D eigenvalue weighted by atomic mass is 9.88. The summed E-state index contributed by atoms with van der Waals surface area (Å²) in [5.74, 6) is 0.202. The summed E-state index contributed by atoms with van der Waals surface area (Å²) in [6, 6.07) is 0. The standard InChI is InChI=1S/C18H26N2O4S/c1-3-24-18(22)16-13-5-4-12(2)10-14(13)25-17(16)19-15(21)11-20-6-8-23-9-7-20/h12H,3-11H2,1-2H3,(H,19,21)/t12-/m1/s1. The van der Waals surface area contributed by atoms with Gasteiger partial charge in [0.05, 0.1) is 31.9 Å². The Labute approximate surface area is 152 Å². The first-order valence-corrected chi connectivity index (χ1v) is 9.81. The lowest BCUT2D eigenvalue weighted by Crippen LogP contribution is -2.41. The maximum Gasteiger partial charge on any atom is 0.341 e. The Kier molecular flexibility index (Phi) is 6.09. The van der Waals surface area contributed by atoms with Crippen molar-refractivity contribution in [3.8, 4) is 0 Å². The number of esters is 1. The Morgan fingerprint density at radius 3 is 2.84 bits per heavy atom. The van der Waals surface area contributed by atoms with Crippen LogP contribution in [-0.4, -0.2) is 56.2 Å². The fourth-order valence-electron chi connectivity index (χ4n) is 3.39. The van der Waals surface area contributed by atoms with Crippen LogP contribution < -0.4 is 5.32 Å². The third kappa shape index (κ3) is 4.40. The molecule has 3 rings (SSSR count). The molecule has 0 bridgehead atoms. The second-order valence-corrected chi connectivity index (χ2v) is 7.82. The molecular weight excluding hydrogens is 340 g/mol. The minimum atomic E-state index is -0.323. The summed E-state index contributed by atoms with van der Waals surface area (Å²) in [7, 11) is 0. The number of nitrogens with one attached hydrogen (secondary N) is 1. The number of ether oxygens (including phenoxy) is 2. The van der Waals surface area contributed by atoms with Gasteiger partial charge in [-0.05, 0) is 37.7 Å². The SMILES string of the molecule is CCOC(=O)c1c(NC(=O)CN2CCOCC2)sc2c1CC[C@@H](C)C2. The van der Waals surface area contributed by atoms with Gasteiger partial charge < -0.3 is 14.8 Å². The molecule has 138 valence electrons. The van der Waals surface area contributed by atoms with Crippen molar-refractivity contribution in [1.82, 2.24) is 4.90 Å². The average Bonchev–Trinajstić information content (AvgIpc) is 2.92. The largest absolute Gasteiger partial charge is 0.462 e. The third-order valence-corrected chi connectivity index (χ3v) is 5.88. The van der Waals surface area contributed by atoms with Crippen LogP contribution in [0.5, 0.6) is 0 Å². The van der Waals surface area contributed by atoms with Gasteiger partial charge in [-0.2, -0.15) is 0 Å². The highest BCUT2D eigenvalue weighted by atomic mass is 32.1. The Balaban J connectivity index is 1.77. The summed E-state index contributed by atoms with van der Waals surface area (Å²) >= 11 is 1.53. The van der Waals surface area contributed by atoms with Crippen molar-refractivity contribution < 1.29 is 19.1 Å². The predicted molar refractivity (Wildman–Crippen MR) is 97.4 cm³/mol. The molecule has 7 heteroatoms.